The molecule has 56 heavy (non-hydrogen) atoms. The van der Waals surface area contributed by atoms with Crippen molar-refractivity contribution < 1.29 is 14.0 Å². The quantitative estimate of drug-likeness (QED) is 0.171. The normalized spacial score (nSPS) is 13.3. The van der Waals surface area contributed by atoms with Crippen LogP contribution in [0.15, 0.2) is 198 Å². The van der Waals surface area contributed by atoms with Crippen molar-refractivity contribution in [2.24, 2.45) is 0 Å². The molecule has 0 saturated heterocycles. The highest BCUT2D eigenvalue weighted by Crippen LogP contribution is 2.39. The van der Waals surface area contributed by atoms with Crippen molar-refractivity contribution >= 4 is 43.7 Å². The Kier molecular flexibility index (Phi) is 5.92. The summed E-state index contributed by atoms with van der Waals surface area (Å²) in [7, 11) is 0. The Balaban J connectivity index is 1.16. The molecule has 0 aliphatic carbocycles. The van der Waals surface area contributed by atoms with E-state index in [1.165, 1.54) is 0 Å². The van der Waals surface area contributed by atoms with Crippen molar-refractivity contribution in [1.82, 2.24) is 19.5 Å². The molecule has 11 rings (SSSR count). The van der Waals surface area contributed by atoms with Crippen molar-refractivity contribution in [3.05, 3.63) is 194 Å². The summed E-state index contributed by atoms with van der Waals surface area (Å²) in [6, 6.07) is 45.8. The van der Waals surface area contributed by atoms with Gasteiger partial charge >= 0.3 is 0 Å². The van der Waals surface area contributed by atoms with Gasteiger partial charge in [0.15, 0.2) is 17.5 Å². The summed E-state index contributed by atoms with van der Waals surface area (Å²) >= 11 is 0. The van der Waals surface area contributed by atoms with Crippen LogP contribution in [-0.4, -0.2) is 19.5 Å². The van der Waals surface area contributed by atoms with Gasteiger partial charge in [0.25, 0.3) is 0 Å². The van der Waals surface area contributed by atoms with E-state index in [-0.39, 0.29) is 63.4 Å². The van der Waals surface area contributed by atoms with Crippen LogP contribution >= 0.6 is 0 Å². The van der Waals surface area contributed by atoms with Gasteiger partial charge in [-0.25, -0.2) is 15.0 Å². The average Bonchev–Trinajstić information content (AvgIpc) is 3.90. The lowest BCUT2D eigenvalue weighted by atomic mass is 10.0. The fourth-order valence-electron chi connectivity index (χ4n) is 7.43. The molecule has 0 aliphatic heterocycles. The first-order valence-electron chi connectivity index (χ1n) is 21.7. The highest BCUT2D eigenvalue weighted by molar-refractivity contribution is 6.12. The number of aromatic nitrogens is 4. The summed E-state index contributed by atoms with van der Waals surface area (Å²) in [6.45, 7) is 0. The first kappa shape index (κ1) is 25.4. The van der Waals surface area contributed by atoms with E-state index in [1.807, 2.05) is 140 Å². The third-order valence-electron chi connectivity index (χ3n) is 10.1. The standard InChI is InChI=1S/C51H32N4O/c1-4-13-33(14-5-1)34-23-25-37(26-24-34)50-52-49(36-17-8-3-9-18-36)53-51(54-50)38-27-30-46-44(31-38)41-19-10-11-22-45(41)55(46)39-28-29-42-43-21-12-20-40(35-15-6-2-7-16-35)48(43)56-47(42)32-39/h1-32H/i10D,11D,19D,22D,27D,30D,31D. The maximum absolute atomic E-state index is 9.86. The van der Waals surface area contributed by atoms with Gasteiger partial charge < -0.3 is 8.98 Å². The molecule has 3 aromatic heterocycles. The van der Waals surface area contributed by atoms with Crippen LogP contribution < -0.4 is 0 Å². The average molecular weight is 724 g/mol. The summed E-state index contributed by atoms with van der Waals surface area (Å²) in [6.07, 6.45) is 0. The van der Waals surface area contributed by atoms with E-state index in [2.05, 4.69) is 0 Å². The number of para-hydroxylation sites is 2. The zero-order valence-corrected chi connectivity index (χ0v) is 29.6. The van der Waals surface area contributed by atoms with Crippen LogP contribution in [0.3, 0.4) is 0 Å². The topological polar surface area (TPSA) is 56.7 Å². The summed E-state index contributed by atoms with van der Waals surface area (Å²) in [4.78, 5) is 14.5. The van der Waals surface area contributed by atoms with Crippen LogP contribution in [0.1, 0.15) is 9.60 Å². The SMILES string of the molecule is [2H]c1c([2H])c([2H])c2c(c1[2H])c1c([2H])c(-c3nc(-c4ccccc4)nc(-c4ccc(-c5ccccc5)cc4)n3)c([2H])c([2H])c1n2-c1ccc2c(c1)oc1c(-c3ccccc3)cccc12. The summed E-state index contributed by atoms with van der Waals surface area (Å²) in [5.74, 6) is 0.575. The number of rotatable bonds is 6. The predicted octanol–water partition coefficient (Wildman–Crippen LogP) is 13.2. The van der Waals surface area contributed by atoms with Gasteiger partial charge in [-0.05, 0) is 53.0 Å². The lowest BCUT2D eigenvalue weighted by Crippen LogP contribution is -2.00. The molecule has 262 valence electrons. The Bertz CT molecular complexity index is 3630. The summed E-state index contributed by atoms with van der Waals surface area (Å²) in [5.41, 5.74) is 7.00. The molecule has 5 nitrogen and oxygen atoms in total. The van der Waals surface area contributed by atoms with E-state index in [9.17, 15) is 6.85 Å². The lowest BCUT2D eigenvalue weighted by Gasteiger charge is -2.10. The largest absolute Gasteiger partial charge is 0.455 e. The molecule has 0 amide bonds. The minimum absolute atomic E-state index is 0.0176. The van der Waals surface area contributed by atoms with Gasteiger partial charge in [-0.1, -0.05) is 152 Å². The molecule has 0 aliphatic rings. The predicted molar refractivity (Wildman–Crippen MR) is 229 cm³/mol. The molecule has 5 heteroatoms. The number of furan rings is 1. The second kappa shape index (κ2) is 13.0. The minimum Gasteiger partial charge on any atom is -0.455 e. The van der Waals surface area contributed by atoms with E-state index >= 15 is 0 Å². The molecule has 0 radical (unpaired) electrons. The van der Waals surface area contributed by atoms with Gasteiger partial charge in [0.05, 0.1) is 20.6 Å². The highest BCUT2D eigenvalue weighted by Gasteiger charge is 2.18. The summed E-state index contributed by atoms with van der Waals surface area (Å²) in [5, 5.41) is 1.84. The van der Waals surface area contributed by atoms with Gasteiger partial charge in [0.1, 0.15) is 11.2 Å². The van der Waals surface area contributed by atoms with E-state index < -0.39 is 12.1 Å². The third-order valence-corrected chi connectivity index (χ3v) is 10.1. The third kappa shape index (κ3) is 5.37. The fraction of sp³-hybridized carbons (Fsp3) is 0. The minimum atomic E-state index is -0.483. The van der Waals surface area contributed by atoms with E-state index in [4.69, 9.17) is 22.1 Å². The van der Waals surface area contributed by atoms with Crippen molar-refractivity contribution in [2.75, 3.05) is 0 Å². The van der Waals surface area contributed by atoms with Crippen molar-refractivity contribution in [2.45, 2.75) is 0 Å². The van der Waals surface area contributed by atoms with Crippen molar-refractivity contribution in [3.8, 4) is 62.1 Å². The van der Waals surface area contributed by atoms with Crippen molar-refractivity contribution in [1.29, 1.82) is 0 Å². The lowest BCUT2D eigenvalue weighted by molar-refractivity contribution is 0.669. The van der Waals surface area contributed by atoms with Gasteiger partial charge in [0.2, 0.25) is 0 Å². The Morgan fingerprint density at radius 3 is 1.75 bits per heavy atom. The first-order valence-corrected chi connectivity index (χ1v) is 18.2. The number of hydrogen-bond acceptors (Lipinski definition) is 4. The van der Waals surface area contributed by atoms with Crippen LogP contribution in [-0.2, 0) is 0 Å². The van der Waals surface area contributed by atoms with Gasteiger partial charge in [-0.3, -0.25) is 0 Å². The highest BCUT2D eigenvalue weighted by atomic mass is 16.3. The molecule has 8 aromatic carbocycles. The number of hydrogen-bond donors (Lipinski definition) is 0. The molecule has 0 bridgehead atoms. The molecular formula is C51H32N4O. The van der Waals surface area contributed by atoms with Crippen molar-refractivity contribution in [3.63, 3.8) is 0 Å². The molecule has 0 fully saturated rings. The zero-order chi connectivity index (χ0) is 43.1. The smallest absolute Gasteiger partial charge is 0.164 e. The number of fused-ring (bicyclic) bond motifs is 6. The zero-order valence-electron chi connectivity index (χ0n) is 36.6. The number of nitrogens with zero attached hydrogens (tertiary/aromatic N) is 4. The molecular weight excluding hydrogens is 685 g/mol. The Hall–Kier alpha value is -7.63. The molecule has 0 spiro atoms. The van der Waals surface area contributed by atoms with E-state index in [0.717, 1.165) is 33.0 Å². The van der Waals surface area contributed by atoms with Crippen LogP contribution in [0.4, 0.5) is 0 Å². The molecule has 0 atom stereocenters. The Morgan fingerprint density at radius 1 is 0.429 bits per heavy atom. The summed E-state index contributed by atoms with van der Waals surface area (Å²) < 4.78 is 73.1. The first-order chi connectivity index (χ1) is 30.7. The molecule has 0 N–H and O–H groups in total. The van der Waals surface area contributed by atoms with Crippen LogP contribution in [0.5, 0.6) is 0 Å². The second-order valence-corrected chi connectivity index (χ2v) is 13.5. The molecule has 11 aromatic rings. The van der Waals surface area contributed by atoms with Crippen LogP contribution in [0.25, 0.3) is 106 Å². The maximum Gasteiger partial charge on any atom is 0.164 e. The van der Waals surface area contributed by atoms with Gasteiger partial charge in [-0.15, -0.1) is 0 Å². The van der Waals surface area contributed by atoms with Crippen LogP contribution in [0, 0.1) is 0 Å². The number of benzene rings is 8. The van der Waals surface area contributed by atoms with Crippen LogP contribution in [0.2, 0.25) is 0 Å². The van der Waals surface area contributed by atoms with Gasteiger partial charge in [-0.2, -0.15) is 0 Å². The Labute approximate surface area is 332 Å². The maximum atomic E-state index is 9.86. The Morgan fingerprint density at radius 2 is 1.02 bits per heavy atom. The van der Waals surface area contributed by atoms with E-state index in [0.29, 0.717) is 39.6 Å². The second-order valence-electron chi connectivity index (χ2n) is 13.5. The van der Waals surface area contributed by atoms with E-state index in [1.54, 1.807) is 16.7 Å². The fourth-order valence-corrected chi connectivity index (χ4v) is 7.43. The molecule has 0 saturated carbocycles. The molecule has 3 heterocycles. The monoisotopic (exact) mass is 723 g/mol. The van der Waals surface area contributed by atoms with Gasteiger partial charge in [0, 0.05) is 55.6 Å². The molecule has 0 unspecified atom stereocenters.